The lowest BCUT2D eigenvalue weighted by molar-refractivity contribution is -0.142. The fraction of sp³-hybridized carbons (Fsp3) is 0.865. The van der Waals surface area contributed by atoms with E-state index in [1.807, 2.05) is 51.5 Å². The number of carbonyl (C=O) groups is 5. The number of nitrogens with two attached hydrogens (primary N) is 1. The number of ether oxygens (including phenoxy) is 2. The third-order valence-corrected chi connectivity index (χ3v) is 10.7. The molecule has 1 aliphatic rings. The Kier molecular flexibility index (Phi) is 19.6. The van der Waals surface area contributed by atoms with Gasteiger partial charge in [-0.05, 0) is 69.4 Å². The molecule has 0 saturated carbocycles. The number of primary amides is 1. The number of ketones is 1. The number of carboxylic acid groups (broad SMARTS) is 1. The van der Waals surface area contributed by atoms with Crippen LogP contribution in [0.25, 0.3) is 0 Å². The number of likely N-dealkylation sites (tertiary alicyclic amines) is 1. The predicted octanol–water partition coefficient (Wildman–Crippen LogP) is 4.13. The summed E-state index contributed by atoms with van der Waals surface area (Å²) < 4.78 is 11.7. The Labute approximate surface area is 295 Å². The van der Waals surface area contributed by atoms with Gasteiger partial charge in [0.15, 0.2) is 5.78 Å². The van der Waals surface area contributed by atoms with E-state index in [1.165, 1.54) is 0 Å². The first-order chi connectivity index (χ1) is 22.9. The highest BCUT2D eigenvalue weighted by molar-refractivity contribution is 5.92. The second-order valence-electron chi connectivity index (χ2n) is 15.0. The molecule has 0 aromatic carbocycles. The first-order valence-electron chi connectivity index (χ1n) is 18.3. The molecular weight excluding hydrogens is 628 g/mol. The van der Waals surface area contributed by atoms with Crippen LogP contribution in [0.3, 0.4) is 0 Å². The Morgan fingerprint density at radius 2 is 1.61 bits per heavy atom. The van der Waals surface area contributed by atoms with Crippen molar-refractivity contribution in [1.82, 2.24) is 15.1 Å². The summed E-state index contributed by atoms with van der Waals surface area (Å²) >= 11 is 0. The molecule has 4 N–H and O–H groups in total. The Morgan fingerprint density at radius 3 is 2.10 bits per heavy atom. The first-order valence-corrected chi connectivity index (χ1v) is 18.3. The Bertz CT molecular complexity index is 1070. The summed E-state index contributed by atoms with van der Waals surface area (Å²) in [7, 11) is 4.99. The molecule has 0 radical (unpaired) electrons. The maximum absolute atomic E-state index is 13.9. The van der Waals surface area contributed by atoms with Crippen LogP contribution in [0.2, 0.25) is 0 Å². The van der Waals surface area contributed by atoms with Crippen LogP contribution in [0.5, 0.6) is 0 Å². The van der Waals surface area contributed by atoms with Crippen LogP contribution in [0.4, 0.5) is 0 Å². The van der Waals surface area contributed by atoms with Gasteiger partial charge in [-0.15, -0.1) is 0 Å². The average Bonchev–Trinajstić information content (AvgIpc) is 3.51. The summed E-state index contributed by atoms with van der Waals surface area (Å²) in [6.07, 6.45) is 3.51. The first kappa shape index (κ1) is 44.5. The molecule has 0 aliphatic carbocycles. The number of carboxylic acids is 1. The molecule has 1 heterocycles. The number of Topliss-reactive ketones (excluding diaryl/α,β-unsaturated/α-hetero) is 1. The number of methoxy groups -OCH3 is 2. The van der Waals surface area contributed by atoms with Gasteiger partial charge in [-0.25, -0.2) is 0 Å². The van der Waals surface area contributed by atoms with Gasteiger partial charge in [0.25, 0.3) is 0 Å². The smallest absolute Gasteiger partial charge is 0.303 e. The second kappa shape index (κ2) is 21.6. The molecule has 12 nitrogen and oxygen atoms in total. The van der Waals surface area contributed by atoms with E-state index in [0.717, 1.165) is 19.3 Å². The molecular formula is C37H68N4O8. The molecule has 49 heavy (non-hydrogen) atoms. The molecule has 1 aliphatic heterocycles. The Hall–Kier alpha value is -2.57. The highest BCUT2D eigenvalue weighted by atomic mass is 16.5. The van der Waals surface area contributed by atoms with E-state index in [1.54, 1.807) is 21.1 Å². The Balaban J connectivity index is 3.05. The molecule has 0 aromatic heterocycles. The minimum atomic E-state index is -0.871. The number of hydrogen-bond acceptors (Lipinski definition) is 8. The quantitative estimate of drug-likeness (QED) is 0.134. The molecule has 1 unspecified atom stereocenters. The fourth-order valence-corrected chi connectivity index (χ4v) is 7.47. The van der Waals surface area contributed by atoms with Gasteiger partial charge >= 0.3 is 5.97 Å². The summed E-state index contributed by atoms with van der Waals surface area (Å²) in [5, 5.41) is 12.1. The zero-order chi connectivity index (χ0) is 37.6. The van der Waals surface area contributed by atoms with Crippen LogP contribution in [0.1, 0.15) is 107 Å². The molecule has 12 heteroatoms. The minimum absolute atomic E-state index is 0.0230. The fourth-order valence-electron chi connectivity index (χ4n) is 7.47. The minimum Gasteiger partial charge on any atom is -0.481 e. The van der Waals surface area contributed by atoms with Gasteiger partial charge < -0.3 is 30.5 Å². The normalized spacial score (nSPS) is 20.0. The number of rotatable bonds is 24. The van der Waals surface area contributed by atoms with Crippen molar-refractivity contribution in [2.75, 3.05) is 34.4 Å². The molecule has 0 aromatic rings. The summed E-state index contributed by atoms with van der Waals surface area (Å²) in [6, 6.07) is -1.40. The molecule has 0 spiro atoms. The van der Waals surface area contributed by atoms with Crippen molar-refractivity contribution in [3.05, 3.63) is 0 Å². The van der Waals surface area contributed by atoms with Crippen molar-refractivity contribution < 1.29 is 38.6 Å². The SMILES string of the molecule is CC[C@H](C)[C@H](CCC(C)C(=O)[C@@H](NC(=O)[C@H](C(C)C)N(C)CCCC(=O)O)C(C)C)[C@@H](CC(=O)N1CCC[C@H]1[C@H](OC)[C@@H](C)C(N)=O)OC. The van der Waals surface area contributed by atoms with Crippen LogP contribution in [-0.2, 0) is 33.4 Å². The average molecular weight is 697 g/mol. The van der Waals surface area contributed by atoms with E-state index in [2.05, 4.69) is 19.2 Å². The predicted molar refractivity (Wildman–Crippen MR) is 191 cm³/mol. The van der Waals surface area contributed by atoms with E-state index < -0.39 is 36.0 Å². The van der Waals surface area contributed by atoms with Crippen molar-refractivity contribution >= 4 is 29.5 Å². The van der Waals surface area contributed by atoms with Gasteiger partial charge in [-0.1, -0.05) is 61.8 Å². The molecule has 1 saturated heterocycles. The summed E-state index contributed by atoms with van der Waals surface area (Å²) in [5.41, 5.74) is 5.59. The second-order valence-corrected chi connectivity index (χ2v) is 15.0. The number of aliphatic carboxylic acids is 1. The van der Waals surface area contributed by atoms with E-state index in [9.17, 15) is 24.0 Å². The number of hydrogen-bond donors (Lipinski definition) is 3. The maximum Gasteiger partial charge on any atom is 0.303 e. The van der Waals surface area contributed by atoms with Crippen molar-refractivity contribution in [1.29, 1.82) is 0 Å². The third kappa shape index (κ3) is 13.2. The highest BCUT2D eigenvalue weighted by Gasteiger charge is 2.41. The molecule has 0 bridgehead atoms. The molecule has 3 amide bonds. The van der Waals surface area contributed by atoms with E-state index in [-0.39, 0.29) is 72.2 Å². The lowest BCUT2D eigenvalue weighted by Gasteiger charge is -2.36. The molecule has 284 valence electrons. The van der Waals surface area contributed by atoms with Gasteiger partial charge in [0.1, 0.15) is 0 Å². The van der Waals surface area contributed by atoms with Crippen molar-refractivity contribution in [2.24, 2.45) is 41.2 Å². The molecule has 1 fully saturated rings. The third-order valence-electron chi connectivity index (χ3n) is 10.7. The van der Waals surface area contributed by atoms with Crippen LogP contribution < -0.4 is 11.1 Å². The zero-order valence-electron chi connectivity index (χ0n) is 32.2. The van der Waals surface area contributed by atoms with E-state index in [0.29, 0.717) is 32.4 Å². The highest BCUT2D eigenvalue weighted by Crippen LogP contribution is 2.32. The van der Waals surface area contributed by atoms with Crippen molar-refractivity contribution in [3.63, 3.8) is 0 Å². The summed E-state index contributed by atoms with van der Waals surface area (Å²) in [4.78, 5) is 67.8. The lowest BCUT2D eigenvalue weighted by Crippen LogP contribution is -2.55. The topological polar surface area (TPSA) is 169 Å². The van der Waals surface area contributed by atoms with Crippen molar-refractivity contribution in [3.8, 4) is 0 Å². The monoisotopic (exact) mass is 697 g/mol. The number of nitrogens with zero attached hydrogens (tertiary/aromatic N) is 2. The van der Waals surface area contributed by atoms with Gasteiger partial charge in [0.05, 0.1) is 42.7 Å². The molecule has 1 rings (SSSR count). The van der Waals surface area contributed by atoms with E-state index in [4.69, 9.17) is 20.3 Å². The van der Waals surface area contributed by atoms with Crippen LogP contribution in [0.15, 0.2) is 0 Å². The van der Waals surface area contributed by atoms with Crippen LogP contribution in [-0.4, -0.2) is 109 Å². The number of likely N-dealkylation sites (N-methyl/N-ethyl adjacent to an activating group) is 1. The van der Waals surface area contributed by atoms with Gasteiger partial charge in [0, 0.05) is 33.1 Å². The van der Waals surface area contributed by atoms with Gasteiger partial charge in [0.2, 0.25) is 17.7 Å². The van der Waals surface area contributed by atoms with Crippen LogP contribution in [0, 0.1) is 35.5 Å². The summed E-state index contributed by atoms with van der Waals surface area (Å²) in [5.74, 6) is -2.40. The number of carbonyl (C=O) groups excluding carboxylic acids is 4. The summed E-state index contributed by atoms with van der Waals surface area (Å²) in [6.45, 7) is 16.7. The number of amides is 3. The number of nitrogens with one attached hydrogen (secondary N) is 1. The van der Waals surface area contributed by atoms with Crippen LogP contribution >= 0.6 is 0 Å². The largest absolute Gasteiger partial charge is 0.481 e. The zero-order valence-corrected chi connectivity index (χ0v) is 32.2. The Morgan fingerprint density at radius 1 is 0.980 bits per heavy atom. The van der Waals surface area contributed by atoms with Gasteiger partial charge in [-0.2, -0.15) is 0 Å². The van der Waals surface area contributed by atoms with E-state index >= 15 is 0 Å². The standard InChI is InChI=1S/C37H68N4O8/c1-12-24(6)27(29(48-10)21-30(42)41-20-13-15-28(41)35(49-11)26(8)36(38)46)18-17-25(7)34(45)32(22(2)3)39-37(47)33(23(4)5)40(9)19-14-16-31(43)44/h22-29,32-33,35H,12-21H2,1-11H3,(H2,38,46)(H,39,47)(H,43,44)/t24-,25?,26+,27-,28-,29+,32-,33-,35+/m0/s1. The maximum atomic E-state index is 13.9. The van der Waals surface area contributed by atoms with Crippen molar-refractivity contribution in [2.45, 2.75) is 137 Å². The molecule has 9 atom stereocenters. The lowest BCUT2D eigenvalue weighted by atomic mass is 9.79. The van der Waals surface area contributed by atoms with Gasteiger partial charge in [-0.3, -0.25) is 28.9 Å².